The van der Waals surface area contributed by atoms with Gasteiger partial charge < -0.3 is 19.9 Å². The van der Waals surface area contributed by atoms with E-state index in [0.29, 0.717) is 0 Å². The van der Waals surface area contributed by atoms with Crippen molar-refractivity contribution in [3.05, 3.63) is 331 Å². The van der Waals surface area contributed by atoms with Gasteiger partial charge in [0.25, 0.3) is 0 Å². The fourth-order valence-electron chi connectivity index (χ4n) is 16.7. The van der Waals surface area contributed by atoms with E-state index in [0.717, 1.165) is 204 Å². The summed E-state index contributed by atoms with van der Waals surface area (Å²) in [5, 5.41) is 0. The van der Waals surface area contributed by atoms with E-state index in [9.17, 15) is 0 Å². The second-order valence-corrected chi connectivity index (χ2v) is 30.0. The molecule has 8 nitrogen and oxygen atoms in total. The molecule has 0 atom stereocenters. The first kappa shape index (κ1) is 65.7. The van der Waals surface area contributed by atoms with E-state index >= 15 is 0 Å². The molecular weight excluding hydrogens is 1310 g/mol. The Morgan fingerprint density at radius 3 is 0.491 bits per heavy atom. The second kappa shape index (κ2) is 26.5. The average molecular weight is 1390 g/mol. The van der Waals surface area contributed by atoms with Crippen molar-refractivity contribution in [2.45, 2.75) is 81.1 Å². The molecule has 0 saturated heterocycles. The zero-order valence-electron chi connectivity index (χ0n) is 62.0. The number of hydrogen-bond acceptors (Lipinski definition) is 4. The Morgan fingerprint density at radius 1 is 0.185 bits per heavy atom. The summed E-state index contributed by atoms with van der Waals surface area (Å²) in [5.74, 6) is 0. The lowest BCUT2D eigenvalue weighted by molar-refractivity contribution is 0.876. The Morgan fingerprint density at radius 2 is 0.333 bits per heavy atom. The number of H-pyrrole nitrogens is 4. The number of nitrogens with one attached hydrogen (secondary N) is 4. The fourth-order valence-corrected chi connectivity index (χ4v) is 16.7. The summed E-state index contributed by atoms with van der Waals surface area (Å²) in [7, 11) is 0. The van der Waals surface area contributed by atoms with Gasteiger partial charge in [0.1, 0.15) is 0 Å². The molecule has 108 heavy (non-hydrogen) atoms. The Labute approximate surface area is 629 Å². The Hall–Kier alpha value is -13.0. The molecule has 0 spiro atoms. The SMILES string of the molecule is Cc1ccc(-c2c3nc(c(-c4ccc(C)cc4)c4ccc([nH]4)c(-c4cc5c(C)c(c4)CCc4cc(-c6c7nc(c(-c8ccc(C)cc8)c8ccc([nH]8)c(-c8ccc(C)cc8)c8nc(c(-c9ccc(C)cc9)c9ccc6[nH]9)C=C8)C=C7)cc(c4C)CC5)c4nc(c(-c5ccc(C)cc5)c5ccc2[nH]5)C=C4)C=C3)cc1. The largest absolute Gasteiger partial charge is 0.354 e. The predicted octanol–water partition coefficient (Wildman–Crippen LogP) is 25.3. The summed E-state index contributed by atoms with van der Waals surface area (Å²) in [4.78, 5) is 38.9. The molecule has 0 amide bonds. The lowest BCUT2D eigenvalue weighted by Crippen LogP contribution is -2.07. The van der Waals surface area contributed by atoms with Gasteiger partial charge in [-0.05, 0) is 256 Å². The van der Waals surface area contributed by atoms with E-state index < -0.39 is 0 Å². The highest BCUT2D eigenvalue weighted by molar-refractivity contribution is 6.03. The van der Waals surface area contributed by atoms with Gasteiger partial charge in [0.05, 0.1) is 45.6 Å². The molecular formula is C100H80N8. The minimum Gasteiger partial charge on any atom is -0.354 e. The van der Waals surface area contributed by atoms with Gasteiger partial charge in [-0.25, -0.2) is 19.9 Å². The number of aryl methyl sites for hydroxylation is 10. The molecule has 4 aliphatic heterocycles. The monoisotopic (exact) mass is 1390 g/mol. The molecule has 520 valence electrons. The molecule has 10 heterocycles. The number of aromatic amines is 4. The highest BCUT2D eigenvalue weighted by atomic mass is 14.8. The van der Waals surface area contributed by atoms with Gasteiger partial charge >= 0.3 is 0 Å². The number of rotatable bonds is 8. The third kappa shape index (κ3) is 11.9. The van der Waals surface area contributed by atoms with Crippen LogP contribution < -0.4 is 0 Å². The van der Waals surface area contributed by atoms with Crippen LogP contribution >= 0.6 is 0 Å². The van der Waals surface area contributed by atoms with Crippen LogP contribution in [0.25, 0.3) is 182 Å². The number of nitrogens with zero attached hydrogens (tertiary/aromatic N) is 4. The number of aromatic nitrogens is 8. The lowest BCUT2D eigenvalue weighted by Gasteiger charge is -2.21. The summed E-state index contributed by atoms with van der Waals surface area (Å²) in [5.41, 5.74) is 47.2. The van der Waals surface area contributed by atoms with E-state index in [2.05, 4.69) is 342 Å². The molecule has 5 aliphatic rings. The van der Waals surface area contributed by atoms with Crippen molar-refractivity contribution in [2.75, 3.05) is 0 Å². The first-order valence-corrected chi connectivity index (χ1v) is 37.7. The van der Waals surface area contributed by atoms with Crippen LogP contribution in [-0.4, -0.2) is 39.9 Å². The first-order valence-electron chi connectivity index (χ1n) is 37.7. The smallest absolute Gasteiger partial charge is 0.0737 e. The van der Waals surface area contributed by atoms with Crippen LogP contribution in [0.4, 0.5) is 0 Å². The first-order chi connectivity index (χ1) is 52.7. The van der Waals surface area contributed by atoms with Crippen molar-refractivity contribution in [2.24, 2.45) is 0 Å². The third-order valence-electron chi connectivity index (χ3n) is 22.7. The van der Waals surface area contributed by atoms with E-state index in [1.165, 1.54) is 66.8 Å². The lowest BCUT2D eigenvalue weighted by atomic mass is 9.84. The van der Waals surface area contributed by atoms with Crippen LogP contribution in [0.2, 0.25) is 0 Å². The molecule has 20 bridgehead atoms. The summed E-state index contributed by atoms with van der Waals surface area (Å²) < 4.78 is 0. The number of hydrogen-bond donors (Lipinski definition) is 4. The maximum absolute atomic E-state index is 5.79. The van der Waals surface area contributed by atoms with Crippen LogP contribution in [-0.2, 0) is 25.7 Å². The maximum Gasteiger partial charge on any atom is 0.0737 e. The summed E-state index contributed by atoms with van der Waals surface area (Å²) in [6.07, 6.45) is 21.0. The van der Waals surface area contributed by atoms with Gasteiger partial charge in [0.2, 0.25) is 0 Å². The zero-order chi connectivity index (χ0) is 73.0. The Balaban J connectivity index is 0.801. The quantitative estimate of drug-likeness (QED) is 0.121. The van der Waals surface area contributed by atoms with Crippen molar-refractivity contribution in [1.29, 1.82) is 0 Å². The van der Waals surface area contributed by atoms with Gasteiger partial charge in [-0.3, -0.25) is 0 Å². The third-order valence-corrected chi connectivity index (χ3v) is 22.7. The normalized spacial score (nSPS) is 12.9. The molecule has 6 aromatic heterocycles. The van der Waals surface area contributed by atoms with Crippen LogP contribution in [0.1, 0.15) is 112 Å². The number of benzene rings is 8. The van der Waals surface area contributed by atoms with Gasteiger partial charge in [-0.1, -0.05) is 203 Å². The van der Waals surface area contributed by atoms with Crippen molar-refractivity contribution in [3.8, 4) is 89.0 Å². The van der Waals surface area contributed by atoms with E-state index in [-0.39, 0.29) is 0 Å². The topological polar surface area (TPSA) is 115 Å². The van der Waals surface area contributed by atoms with E-state index in [4.69, 9.17) is 19.9 Å². The van der Waals surface area contributed by atoms with Crippen molar-refractivity contribution < 1.29 is 0 Å². The van der Waals surface area contributed by atoms with Gasteiger partial charge in [0, 0.05) is 88.6 Å². The summed E-state index contributed by atoms with van der Waals surface area (Å²) in [6, 6.07) is 80.7. The van der Waals surface area contributed by atoms with E-state index in [1.54, 1.807) is 0 Å². The van der Waals surface area contributed by atoms with Crippen LogP contribution in [0.15, 0.2) is 218 Å². The standard InChI is InChI=1S/C100H80N8/c1-57-9-21-65(22-10-57)93-77-37-41-81(101-77)95(67-25-13-59(3)14-26-67)85-45-49-89(105-85)99(90-50-46-86(106-90)96(82-42-38-78(93)102-82)68-27-15-60(4)16-28-68)75-53-71-33-35-73-55-76(56-74(64(73)8)36-34-72(54-75)63(71)7)100-91-51-47-87(107-91)97(69-29-17-61(5)18-30-69)83-43-39-79(103-83)94(66-23-11-58(2)12-24-66)80-40-44-84(104-80)98(88-48-52-92(100)108-88)70-31-19-62(6)20-32-70/h9-32,37-56,101,103,106,108H,33-36H2,1-8H3. The molecule has 8 aromatic carbocycles. The molecule has 0 unspecified atom stereocenters. The van der Waals surface area contributed by atoms with E-state index in [1.807, 2.05) is 0 Å². The van der Waals surface area contributed by atoms with Crippen LogP contribution in [0.5, 0.6) is 0 Å². The molecule has 0 radical (unpaired) electrons. The van der Waals surface area contributed by atoms with Crippen LogP contribution in [0, 0.1) is 55.4 Å². The molecule has 4 N–H and O–H groups in total. The highest BCUT2D eigenvalue weighted by Gasteiger charge is 2.25. The molecule has 0 saturated carbocycles. The predicted molar refractivity (Wildman–Crippen MR) is 454 cm³/mol. The Bertz CT molecular complexity index is 6020. The average Bonchev–Trinajstić information content (AvgIpc) is 1.58. The van der Waals surface area contributed by atoms with Crippen LogP contribution in [0.3, 0.4) is 0 Å². The minimum absolute atomic E-state index is 0.831. The number of fused-ring (bicyclic) bond motifs is 20. The van der Waals surface area contributed by atoms with Crippen molar-refractivity contribution in [3.63, 3.8) is 0 Å². The minimum atomic E-state index is 0.831. The van der Waals surface area contributed by atoms with Gasteiger partial charge in [0.15, 0.2) is 0 Å². The van der Waals surface area contributed by atoms with Gasteiger partial charge in [-0.15, -0.1) is 0 Å². The highest BCUT2D eigenvalue weighted by Crippen LogP contribution is 2.44. The molecule has 8 heteroatoms. The zero-order valence-corrected chi connectivity index (χ0v) is 62.0. The Kier molecular flexibility index (Phi) is 16.1. The fraction of sp³-hybridized carbons (Fsp3) is 0.120. The summed E-state index contributed by atoms with van der Waals surface area (Å²) >= 11 is 0. The van der Waals surface area contributed by atoms with Crippen molar-refractivity contribution in [1.82, 2.24) is 39.9 Å². The van der Waals surface area contributed by atoms with Gasteiger partial charge in [-0.2, -0.15) is 0 Å². The molecule has 19 rings (SSSR count). The molecule has 1 aliphatic carbocycles. The molecule has 14 aromatic rings. The van der Waals surface area contributed by atoms with Crippen molar-refractivity contribution >= 4 is 92.7 Å². The maximum atomic E-state index is 5.79. The second-order valence-electron chi connectivity index (χ2n) is 30.0. The summed E-state index contributed by atoms with van der Waals surface area (Å²) in [6.45, 7) is 17.6. The molecule has 0 fully saturated rings.